The molecule has 0 saturated heterocycles. The van der Waals surface area contributed by atoms with E-state index in [4.69, 9.17) is 0 Å². The molecule has 0 bridgehead atoms. The van der Waals surface area contributed by atoms with E-state index in [0.717, 1.165) is 0 Å². The van der Waals surface area contributed by atoms with Crippen LogP contribution in [0.5, 0.6) is 0 Å². The molecule has 0 saturated carbocycles. The summed E-state index contributed by atoms with van der Waals surface area (Å²) >= 11 is 0. The van der Waals surface area contributed by atoms with Crippen LogP contribution in [0.1, 0.15) is 37.5 Å². The van der Waals surface area contributed by atoms with Gasteiger partial charge in [0.25, 0.3) is 5.69 Å². The van der Waals surface area contributed by atoms with Gasteiger partial charge in [-0.25, -0.2) is 17.6 Å². The highest BCUT2D eigenvalue weighted by atomic mass is 19.2. The highest BCUT2D eigenvalue weighted by Gasteiger charge is 2.22. The Bertz CT molecular complexity index is 1270. The summed E-state index contributed by atoms with van der Waals surface area (Å²) in [5.74, 6) is 0.208. The molecule has 33 heavy (non-hydrogen) atoms. The maximum absolute atomic E-state index is 14.1. The van der Waals surface area contributed by atoms with Crippen LogP contribution >= 0.6 is 0 Å². The fourth-order valence-corrected chi connectivity index (χ4v) is 3.25. The lowest BCUT2D eigenvalue weighted by atomic mass is 9.94. The molecule has 0 N–H and O–H groups in total. The van der Waals surface area contributed by atoms with Crippen LogP contribution in [0.25, 0.3) is 11.3 Å². The summed E-state index contributed by atoms with van der Waals surface area (Å²) in [7, 11) is 1.67. The number of nitro benzene ring substituents is 1. The Labute approximate surface area is 188 Å². The van der Waals surface area contributed by atoms with Crippen molar-refractivity contribution in [2.24, 2.45) is 12.5 Å². The average molecular weight is 459 g/mol. The molecule has 3 aromatic rings. The van der Waals surface area contributed by atoms with E-state index in [1.807, 2.05) is 20.8 Å². The molecule has 1 aromatic heterocycles. The normalized spacial score (nSPS) is 11.3. The monoisotopic (exact) mass is 459 g/mol. The van der Waals surface area contributed by atoms with Crippen LogP contribution in [0.3, 0.4) is 0 Å². The summed E-state index contributed by atoms with van der Waals surface area (Å²) in [4.78, 5) is 10.8. The quantitative estimate of drug-likeness (QED) is 0.161. The first-order valence-electron chi connectivity index (χ1n) is 10.0. The minimum atomic E-state index is -1.49. The van der Waals surface area contributed by atoms with Crippen molar-refractivity contribution < 1.29 is 22.5 Å². The molecule has 0 fully saturated rings. The molecule has 0 unspecified atom stereocenters. The largest absolute Gasteiger partial charge is 0.274 e. The van der Waals surface area contributed by atoms with Gasteiger partial charge in [-0.1, -0.05) is 17.9 Å². The highest BCUT2D eigenvalue weighted by Crippen LogP contribution is 2.31. The second kappa shape index (κ2) is 9.06. The minimum Gasteiger partial charge on any atom is -0.274 e. The van der Waals surface area contributed by atoms with Gasteiger partial charge < -0.3 is 0 Å². The van der Waals surface area contributed by atoms with Crippen molar-refractivity contribution in [3.05, 3.63) is 80.5 Å². The maximum Gasteiger partial charge on any atom is 0.270 e. The second-order valence-corrected chi connectivity index (χ2v) is 8.61. The van der Waals surface area contributed by atoms with Crippen LogP contribution in [0.15, 0.2) is 30.5 Å². The van der Waals surface area contributed by atoms with Gasteiger partial charge in [-0.05, 0) is 39.2 Å². The van der Waals surface area contributed by atoms with Crippen LogP contribution in [0.2, 0.25) is 0 Å². The summed E-state index contributed by atoms with van der Waals surface area (Å²) in [6, 6.07) is 4.15. The Kier molecular flexibility index (Phi) is 6.58. The molecule has 172 valence electrons. The third-order valence-electron chi connectivity index (χ3n) is 4.81. The number of rotatable bonds is 5. The van der Waals surface area contributed by atoms with Gasteiger partial charge in [0.2, 0.25) is 0 Å². The van der Waals surface area contributed by atoms with Gasteiger partial charge in [-0.2, -0.15) is 5.10 Å². The van der Waals surface area contributed by atoms with E-state index in [1.54, 1.807) is 13.2 Å². The standard InChI is InChI=1S/C24H21F4N3O2/c1-24(2,3)10-9-15-13-30(4)29-23(15)18-11-16(31(32)33)7-5-14(18)6-8-17-21(27)19(25)12-20(26)22(17)28/h5,7,11-13H,6,8H2,1-4H3. The van der Waals surface area contributed by atoms with E-state index in [-0.39, 0.29) is 30.0 Å². The van der Waals surface area contributed by atoms with Gasteiger partial charge in [0.15, 0.2) is 23.3 Å². The summed E-state index contributed by atoms with van der Waals surface area (Å²) in [6.45, 7) is 5.78. The summed E-state index contributed by atoms with van der Waals surface area (Å²) in [5, 5.41) is 15.7. The third-order valence-corrected chi connectivity index (χ3v) is 4.81. The van der Waals surface area contributed by atoms with Gasteiger partial charge in [0.1, 0.15) is 5.69 Å². The van der Waals surface area contributed by atoms with E-state index in [0.29, 0.717) is 22.4 Å². The van der Waals surface area contributed by atoms with Crippen LogP contribution in [-0.2, 0) is 19.9 Å². The molecule has 0 radical (unpaired) electrons. The molecule has 5 nitrogen and oxygen atoms in total. The lowest BCUT2D eigenvalue weighted by Gasteiger charge is -2.11. The number of halogens is 4. The molecule has 0 amide bonds. The zero-order chi connectivity index (χ0) is 24.5. The SMILES string of the molecule is Cn1cc(C#CC(C)(C)C)c(-c2cc([N+](=O)[O-])ccc2CCc2c(F)c(F)cc(F)c2F)n1. The molecule has 1 heterocycles. The smallest absolute Gasteiger partial charge is 0.270 e. The van der Waals surface area contributed by atoms with E-state index < -0.39 is 33.8 Å². The fourth-order valence-electron chi connectivity index (χ4n) is 3.25. The van der Waals surface area contributed by atoms with Crippen LogP contribution in [0, 0.1) is 50.6 Å². The Hall–Kier alpha value is -3.67. The Morgan fingerprint density at radius 1 is 1.06 bits per heavy atom. The van der Waals surface area contributed by atoms with E-state index in [1.165, 1.54) is 22.9 Å². The van der Waals surface area contributed by atoms with E-state index in [9.17, 15) is 27.7 Å². The molecular formula is C24H21F4N3O2. The Balaban J connectivity index is 2.10. The molecule has 0 aliphatic carbocycles. The summed E-state index contributed by atoms with van der Waals surface area (Å²) in [6.07, 6.45) is 1.25. The second-order valence-electron chi connectivity index (χ2n) is 8.61. The average Bonchev–Trinajstić information content (AvgIpc) is 3.10. The predicted octanol–water partition coefficient (Wildman–Crippen LogP) is 5.73. The van der Waals surface area contributed by atoms with Gasteiger partial charge in [0, 0.05) is 48.0 Å². The molecule has 0 aliphatic rings. The number of aromatic nitrogens is 2. The first-order chi connectivity index (χ1) is 15.4. The molecule has 2 aromatic carbocycles. The lowest BCUT2D eigenvalue weighted by Crippen LogP contribution is -2.05. The molecule has 3 rings (SSSR count). The van der Waals surface area contributed by atoms with Crippen molar-refractivity contribution >= 4 is 5.69 Å². The van der Waals surface area contributed by atoms with Crippen LogP contribution < -0.4 is 0 Å². The van der Waals surface area contributed by atoms with Crippen LogP contribution in [-0.4, -0.2) is 14.7 Å². The van der Waals surface area contributed by atoms with E-state index in [2.05, 4.69) is 16.9 Å². The summed E-state index contributed by atoms with van der Waals surface area (Å²) in [5.41, 5.74) is 0.439. The Morgan fingerprint density at radius 3 is 2.27 bits per heavy atom. The van der Waals surface area contributed by atoms with Crippen molar-refractivity contribution in [2.45, 2.75) is 33.6 Å². The number of benzene rings is 2. The van der Waals surface area contributed by atoms with Crippen LogP contribution in [0.4, 0.5) is 23.2 Å². The molecular weight excluding hydrogens is 438 g/mol. The maximum atomic E-state index is 14.1. The van der Waals surface area contributed by atoms with Crippen molar-refractivity contribution in [1.29, 1.82) is 0 Å². The topological polar surface area (TPSA) is 61.0 Å². The zero-order valence-corrected chi connectivity index (χ0v) is 18.5. The summed E-state index contributed by atoms with van der Waals surface area (Å²) < 4.78 is 56.9. The van der Waals surface area contributed by atoms with Crippen molar-refractivity contribution in [1.82, 2.24) is 9.78 Å². The van der Waals surface area contributed by atoms with Gasteiger partial charge >= 0.3 is 0 Å². The fraction of sp³-hybridized carbons (Fsp3) is 0.292. The number of non-ortho nitro benzene ring substituents is 1. The van der Waals surface area contributed by atoms with Crippen molar-refractivity contribution in [3.63, 3.8) is 0 Å². The molecule has 0 atom stereocenters. The first kappa shape index (κ1) is 24.0. The number of hydrogen-bond acceptors (Lipinski definition) is 3. The number of nitrogens with zero attached hydrogens (tertiary/aromatic N) is 3. The van der Waals surface area contributed by atoms with Gasteiger partial charge in [-0.3, -0.25) is 14.8 Å². The zero-order valence-electron chi connectivity index (χ0n) is 18.5. The number of nitro groups is 1. The molecule has 9 heteroatoms. The highest BCUT2D eigenvalue weighted by molar-refractivity contribution is 5.72. The van der Waals surface area contributed by atoms with Crippen molar-refractivity contribution in [2.75, 3.05) is 0 Å². The molecule has 0 spiro atoms. The van der Waals surface area contributed by atoms with Gasteiger partial charge in [-0.15, -0.1) is 0 Å². The molecule has 0 aliphatic heterocycles. The first-order valence-corrected chi connectivity index (χ1v) is 10.0. The minimum absolute atomic E-state index is 0.0488. The Morgan fingerprint density at radius 2 is 1.70 bits per heavy atom. The number of aryl methyl sites for hydroxylation is 2. The number of hydrogen-bond donors (Lipinski definition) is 0. The predicted molar refractivity (Wildman–Crippen MR) is 115 cm³/mol. The lowest BCUT2D eigenvalue weighted by molar-refractivity contribution is -0.384. The van der Waals surface area contributed by atoms with Gasteiger partial charge in [0.05, 0.1) is 10.5 Å². The van der Waals surface area contributed by atoms with E-state index >= 15 is 0 Å². The third kappa shape index (κ3) is 5.40. The van der Waals surface area contributed by atoms with Crippen molar-refractivity contribution in [3.8, 4) is 23.1 Å².